The Morgan fingerprint density at radius 2 is 2.00 bits per heavy atom. The molecule has 3 heteroatoms. The highest BCUT2D eigenvalue weighted by atomic mass is 35.5. The van der Waals surface area contributed by atoms with E-state index in [2.05, 4.69) is 12.1 Å². The summed E-state index contributed by atoms with van der Waals surface area (Å²) in [5.74, 6) is 0.946. The van der Waals surface area contributed by atoms with Crippen LogP contribution in [0.2, 0.25) is 0 Å². The molecule has 0 aromatic heterocycles. The van der Waals surface area contributed by atoms with Gasteiger partial charge in [-0.05, 0) is 18.4 Å². The van der Waals surface area contributed by atoms with E-state index in [0.29, 0.717) is 18.3 Å². The number of alkyl halides is 1. The Morgan fingerprint density at radius 3 is 2.62 bits per heavy atom. The van der Waals surface area contributed by atoms with Gasteiger partial charge in [-0.1, -0.05) is 30.3 Å². The number of unbranched alkanes of at least 4 members (excludes halogenated alkanes) is 1. The number of hydrogen-bond donors (Lipinski definition) is 0. The molecular formula is C13H16ClNO. The van der Waals surface area contributed by atoms with E-state index in [1.807, 2.05) is 23.1 Å². The highest BCUT2D eigenvalue weighted by molar-refractivity contribution is 6.17. The molecule has 1 fully saturated rings. The predicted octanol–water partition coefficient (Wildman–Crippen LogP) is 2.98. The first kappa shape index (κ1) is 11.5. The molecule has 1 unspecified atom stereocenters. The highest BCUT2D eigenvalue weighted by Crippen LogP contribution is 2.34. The van der Waals surface area contributed by atoms with Crippen molar-refractivity contribution in [3.63, 3.8) is 0 Å². The van der Waals surface area contributed by atoms with E-state index in [9.17, 15) is 4.79 Å². The van der Waals surface area contributed by atoms with Gasteiger partial charge in [0.25, 0.3) is 0 Å². The molecule has 1 heterocycles. The van der Waals surface area contributed by atoms with Gasteiger partial charge < -0.3 is 4.90 Å². The summed E-state index contributed by atoms with van der Waals surface area (Å²) in [5, 5.41) is 0. The van der Waals surface area contributed by atoms with Crippen LogP contribution in [0.4, 0.5) is 0 Å². The lowest BCUT2D eigenvalue weighted by Gasteiger charge is -2.41. The minimum Gasteiger partial charge on any atom is -0.335 e. The molecular weight excluding hydrogens is 222 g/mol. The van der Waals surface area contributed by atoms with E-state index in [-0.39, 0.29) is 5.91 Å². The molecule has 1 amide bonds. The van der Waals surface area contributed by atoms with Crippen molar-refractivity contribution in [1.29, 1.82) is 0 Å². The van der Waals surface area contributed by atoms with Crippen LogP contribution in [0.5, 0.6) is 0 Å². The third-order valence-corrected chi connectivity index (χ3v) is 3.30. The number of rotatable bonds is 5. The molecule has 0 spiro atoms. The second-order valence-corrected chi connectivity index (χ2v) is 4.49. The Balaban J connectivity index is 1.94. The van der Waals surface area contributed by atoms with Crippen LogP contribution >= 0.6 is 11.6 Å². The molecule has 1 aromatic carbocycles. The SMILES string of the molecule is O=C1CC(c2ccccc2)N1CCCCCl. The van der Waals surface area contributed by atoms with Crippen LogP contribution in [0.3, 0.4) is 0 Å². The smallest absolute Gasteiger partial charge is 0.225 e. The largest absolute Gasteiger partial charge is 0.335 e. The van der Waals surface area contributed by atoms with E-state index in [1.54, 1.807) is 0 Å². The second-order valence-electron chi connectivity index (χ2n) is 4.11. The quantitative estimate of drug-likeness (QED) is 0.438. The van der Waals surface area contributed by atoms with Crippen molar-refractivity contribution in [2.75, 3.05) is 12.4 Å². The lowest BCUT2D eigenvalue weighted by molar-refractivity contribution is -0.146. The molecule has 1 atom stereocenters. The number of hydrogen-bond acceptors (Lipinski definition) is 1. The van der Waals surface area contributed by atoms with Crippen LogP contribution in [0, 0.1) is 0 Å². The van der Waals surface area contributed by atoms with Crippen molar-refractivity contribution in [2.45, 2.75) is 25.3 Å². The first-order valence-corrected chi connectivity index (χ1v) is 6.27. The molecule has 0 saturated carbocycles. The number of amides is 1. The predicted molar refractivity (Wildman–Crippen MR) is 65.5 cm³/mol. The van der Waals surface area contributed by atoms with Gasteiger partial charge in [-0.25, -0.2) is 0 Å². The summed E-state index contributed by atoms with van der Waals surface area (Å²) in [5.41, 5.74) is 1.24. The van der Waals surface area contributed by atoms with E-state index in [0.717, 1.165) is 19.4 Å². The van der Waals surface area contributed by atoms with Gasteiger partial charge in [0.2, 0.25) is 5.91 Å². The number of carbonyl (C=O) groups is 1. The van der Waals surface area contributed by atoms with Crippen LogP contribution in [-0.4, -0.2) is 23.2 Å². The summed E-state index contributed by atoms with van der Waals surface area (Å²) in [4.78, 5) is 13.5. The monoisotopic (exact) mass is 237 g/mol. The second kappa shape index (κ2) is 5.35. The average Bonchev–Trinajstić information content (AvgIpc) is 2.32. The molecule has 1 saturated heterocycles. The van der Waals surface area contributed by atoms with Gasteiger partial charge in [-0.15, -0.1) is 11.6 Å². The summed E-state index contributed by atoms with van der Waals surface area (Å²) in [7, 11) is 0. The normalized spacial score (nSPS) is 19.7. The zero-order chi connectivity index (χ0) is 11.4. The van der Waals surface area contributed by atoms with Gasteiger partial charge in [-0.2, -0.15) is 0 Å². The summed E-state index contributed by atoms with van der Waals surface area (Å²) < 4.78 is 0. The Hall–Kier alpha value is -1.02. The van der Waals surface area contributed by atoms with Crippen molar-refractivity contribution >= 4 is 17.5 Å². The van der Waals surface area contributed by atoms with Crippen molar-refractivity contribution in [3.8, 4) is 0 Å². The third kappa shape index (κ3) is 2.38. The lowest BCUT2D eigenvalue weighted by Crippen LogP contribution is -2.46. The summed E-state index contributed by atoms with van der Waals surface area (Å²) in [6.45, 7) is 0.838. The fourth-order valence-electron chi connectivity index (χ4n) is 2.08. The molecule has 16 heavy (non-hydrogen) atoms. The van der Waals surface area contributed by atoms with Gasteiger partial charge >= 0.3 is 0 Å². The molecule has 1 aliphatic heterocycles. The number of benzene rings is 1. The number of halogens is 1. The minimum atomic E-state index is 0.267. The van der Waals surface area contributed by atoms with Crippen LogP contribution in [0.15, 0.2) is 30.3 Å². The highest BCUT2D eigenvalue weighted by Gasteiger charge is 2.36. The van der Waals surface area contributed by atoms with E-state index in [4.69, 9.17) is 11.6 Å². The first-order valence-electron chi connectivity index (χ1n) is 5.73. The van der Waals surface area contributed by atoms with Crippen molar-refractivity contribution in [3.05, 3.63) is 35.9 Å². The molecule has 0 bridgehead atoms. The number of β-lactam (4-membered cyclic amide) rings is 1. The number of likely N-dealkylation sites (tertiary alicyclic amines) is 1. The van der Waals surface area contributed by atoms with Gasteiger partial charge in [0.05, 0.1) is 12.5 Å². The van der Waals surface area contributed by atoms with Gasteiger partial charge in [0.15, 0.2) is 0 Å². The van der Waals surface area contributed by atoms with Crippen LogP contribution in [-0.2, 0) is 4.79 Å². The third-order valence-electron chi connectivity index (χ3n) is 3.03. The fraction of sp³-hybridized carbons (Fsp3) is 0.462. The number of nitrogens with zero attached hydrogens (tertiary/aromatic N) is 1. The molecule has 1 aromatic rings. The van der Waals surface area contributed by atoms with E-state index in [1.165, 1.54) is 5.56 Å². The van der Waals surface area contributed by atoms with Crippen LogP contribution < -0.4 is 0 Å². The molecule has 2 nitrogen and oxygen atoms in total. The molecule has 0 N–H and O–H groups in total. The Kier molecular flexibility index (Phi) is 3.83. The summed E-state index contributed by atoms with van der Waals surface area (Å²) in [6.07, 6.45) is 2.64. The number of carbonyl (C=O) groups excluding carboxylic acids is 1. The molecule has 2 rings (SSSR count). The summed E-state index contributed by atoms with van der Waals surface area (Å²) >= 11 is 5.63. The maximum Gasteiger partial charge on any atom is 0.225 e. The van der Waals surface area contributed by atoms with Gasteiger partial charge in [-0.3, -0.25) is 4.79 Å². The van der Waals surface area contributed by atoms with Crippen molar-refractivity contribution in [2.24, 2.45) is 0 Å². The summed E-state index contributed by atoms with van der Waals surface area (Å²) in [6, 6.07) is 10.5. The Bertz CT molecular complexity index is 352. The molecule has 0 aliphatic carbocycles. The lowest BCUT2D eigenvalue weighted by atomic mass is 9.93. The van der Waals surface area contributed by atoms with Crippen LogP contribution in [0.1, 0.15) is 30.9 Å². The van der Waals surface area contributed by atoms with Gasteiger partial charge in [0, 0.05) is 12.4 Å². The fourth-order valence-corrected chi connectivity index (χ4v) is 2.27. The minimum absolute atomic E-state index is 0.267. The molecule has 0 radical (unpaired) electrons. The molecule has 1 aliphatic rings. The topological polar surface area (TPSA) is 20.3 Å². The van der Waals surface area contributed by atoms with Crippen molar-refractivity contribution < 1.29 is 4.79 Å². The first-order chi connectivity index (χ1) is 7.83. The van der Waals surface area contributed by atoms with Crippen molar-refractivity contribution in [1.82, 2.24) is 4.90 Å². The van der Waals surface area contributed by atoms with E-state index >= 15 is 0 Å². The maximum atomic E-state index is 11.5. The standard InChI is InChI=1S/C13H16ClNO/c14-8-4-5-9-15-12(10-13(15)16)11-6-2-1-3-7-11/h1-3,6-7,12H,4-5,8-10H2. The molecule has 86 valence electrons. The van der Waals surface area contributed by atoms with Gasteiger partial charge in [0.1, 0.15) is 0 Å². The zero-order valence-corrected chi connectivity index (χ0v) is 9.99. The van der Waals surface area contributed by atoms with E-state index < -0.39 is 0 Å². The average molecular weight is 238 g/mol. The Morgan fingerprint density at radius 1 is 1.25 bits per heavy atom. The maximum absolute atomic E-state index is 11.5. The zero-order valence-electron chi connectivity index (χ0n) is 9.23. The van der Waals surface area contributed by atoms with Crippen LogP contribution in [0.25, 0.3) is 0 Å². The Labute approximate surface area is 101 Å².